The van der Waals surface area contributed by atoms with Crippen LogP contribution < -0.4 is 5.73 Å². The Hall–Kier alpha value is -1.35. The van der Waals surface area contributed by atoms with Crippen molar-refractivity contribution in [2.24, 2.45) is 11.7 Å². The molecule has 0 aliphatic carbocycles. The molecular formula is C16H24N2O. The van der Waals surface area contributed by atoms with Crippen LogP contribution >= 0.6 is 0 Å². The van der Waals surface area contributed by atoms with Gasteiger partial charge in [-0.3, -0.25) is 4.79 Å². The Bertz CT molecular complexity index is 460. The zero-order valence-corrected chi connectivity index (χ0v) is 12.1. The molecule has 1 fully saturated rings. The van der Waals surface area contributed by atoms with Gasteiger partial charge in [-0.25, -0.2) is 0 Å². The Morgan fingerprint density at radius 3 is 2.42 bits per heavy atom. The third kappa shape index (κ3) is 3.16. The lowest BCUT2D eigenvalue weighted by Gasteiger charge is -2.33. The van der Waals surface area contributed by atoms with E-state index in [-0.39, 0.29) is 11.9 Å². The summed E-state index contributed by atoms with van der Waals surface area (Å²) in [6.45, 7) is 7.84. The molecule has 0 saturated carbocycles. The summed E-state index contributed by atoms with van der Waals surface area (Å²) >= 11 is 0. The van der Waals surface area contributed by atoms with Gasteiger partial charge in [-0.15, -0.1) is 0 Å². The Kier molecular flexibility index (Phi) is 4.25. The molecule has 3 nitrogen and oxygen atoms in total. The van der Waals surface area contributed by atoms with Crippen molar-refractivity contribution in [3.8, 4) is 0 Å². The maximum absolute atomic E-state index is 12.4. The highest BCUT2D eigenvalue weighted by atomic mass is 16.2. The number of carbonyl (C=O) groups is 1. The van der Waals surface area contributed by atoms with Crippen LogP contribution in [0.3, 0.4) is 0 Å². The van der Waals surface area contributed by atoms with Crippen molar-refractivity contribution in [1.82, 2.24) is 4.90 Å². The molecule has 0 aromatic heterocycles. The molecule has 19 heavy (non-hydrogen) atoms. The first-order valence-electron chi connectivity index (χ1n) is 7.11. The van der Waals surface area contributed by atoms with Crippen LogP contribution in [0.5, 0.6) is 0 Å². The second-order valence-corrected chi connectivity index (χ2v) is 5.79. The lowest BCUT2D eigenvalue weighted by atomic mass is 9.90. The molecule has 1 aliphatic heterocycles. The number of hydrogen-bond donors (Lipinski definition) is 1. The van der Waals surface area contributed by atoms with Crippen molar-refractivity contribution in [2.75, 3.05) is 13.1 Å². The van der Waals surface area contributed by atoms with Gasteiger partial charge in [0.1, 0.15) is 0 Å². The number of hydrogen-bond acceptors (Lipinski definition) is 2. The van der Waals surface area contributed by atoms with E-state index < -0.39 is 0 Å². The molecule has 1 saturated heterocycles. The minimum absolute atomic E-state index is 0.159. The van der Waals surface area contributed by atoms with E-state index in [2.05, 4.69) is 20.8 Å². The minimum atomic E-state index is 0.159. The Morgan fingerprint density at radius 1 is 1.26 bits per heavy atom. The number of aryl methyl sites for hydroxylation is 2. The first kappa shape index (κ1) is 14.1. The summed E-state index contributed by atoms with van der Waals surface area (Å²) in [5.41, 5.74) is 9.15. The predicted octanol–water partition coefficient (Wildman–Crippen LogP) is 2.50. The van der Waals surface area contributed by atoms with Gasteiger partial charge in [0.2, 0.25) is 0 Å². The van der Waals surface area contributed by atoms with E-state index in [1.165, 1.54) is 11.1 Å². The second kappa shape index (κ2) is 5.74. The zero-order chi connectivity index (χ0) is 14.0. The van der Waals surface area contributed by atoms with Gasteiger partial charge in [0.05, 0.1) is 0 Å². The molecule has 1 amide bonds. The van der Waals surface area contributed by atoms with Crippen molar-refractivity contribution < 1.29 is 4.79 Å². The van der Waals surface area contributed by atoms with Crippen LogP contribution in [0.4, 0.5) is 0 Å². The predicted molar refractivity (Wildman–Crippen MR) is 78.2 cm³/mol. The van der Waals surface area contributed by atoms with Gasteiger partial charge >= 0.3 is 0 Å². The van der Waals surface area contributed by atoms with Gasteiger partial charge in [0.25, 0.3) is 5.91 Å². The molecule has 1 aromatic rings. The zero-order valence-electron chi connectivity index (χ0n) is 12.1. The molecule has 1 heterocycles. The van der Waals surface area contributed by atoms with Crippen LogP contribution in [0.15, 0.2) is 18.2 Å². The maximum atomic E-state index is 12.4. The number of carbonyl (C=O) groups excluding carboxylic acids is 1. The van der Waals surface area contributed by atoms with Crippen molar-refractivity contribution in [2.45, 2.75) is 39.7 Å². The highest BCUT2D eigenvalue weighted by Crippen LogP contribution is 2.21. The van der Waals surface area contributed by atoms with E-state index in [1.807, 2.05) is 23.1 Å². The van der Waals surface area contributed by atoms with Gasteiger partial charge in [0, 0.05) is 24.7 Å². The molecule has 0 radical (unpaired) electrons. The van der Waals surface area contributed by atoms with Gasteiger partial charge in [-0.05, 0) is 62.8 Å². The molecule has 0 spiro atoms. The van der Waals surface area contributed by atoms with Crippen LogP contribution in [-0.2, 0) is 0 Å². The quantitative estimate of drug-likeness (QED) is 0.888. The molecular weight excluding hydrogens is 236 g/mol. The molecule has 3 heteroatoms. The van der Waals surface area contributed by atoms with E-state index >= 15 is 0 Å². The van der Waals surface area contributed by atoms with Crippen LogP contribution in [0, 0.1) is 19.8 Å². The number of amides is 1. The minimum Gasteiger partial charge on any atom is -0.339 e. The van der Waals surface area contributed by atoms with Crippen molar-refractivity contribution in [1.29, 1.82) is 0 Å². The normalized spacial score (nSPS) is 18.4. The van der Waals surface area contributed by atoms with Crippen molar-refractivity contribution >= 4 is 5.91 Å². The van der Waals surface area contributed by atoms with Gasteiger partial charge < -0.3 is 10.6 Å². The fourth-order valence-electron chi connectivity index (χ4n) is 2.69. The summed E-state index contributed by atoms with van der Waals surface area (Å²) in [4.78, 5) is 14.4. The monoisotopic (exact) mass is 260 g/mol. The fraction of sp³-hybridized carbons (Fsp3) is 0.562. The standard InChI is InChI=1S/C16H24N2O/c1-11-4-5-15(10-12(11)2)16(19)18-8-6-14(7-9-18)13(3)17/h4-5,10,13-14H,6-9,17H2,1-3H3. The second-order valence-electron chi connectivity index (χ2n) is 5.79. The van der Waals surface area contributed by atoms with Crippen LogP contribution in [0.25, 0.3) is 0 Å². The topological polar surface area (TPSA) is 46.3 Å². The number of nitrogens with zero attached hydrogens (tertiary/aromatic N) is 1. The fourth-order valence-corrected chi connectivity index (χ4v) is 2.69. The third-order valence-corrected chi connectivity index (χ3v) is 4.32. The average Bonchev–Trinajstić information content (AvgIpc) is 2.41. The average molecular weight is 260 g/mol. The molecule has 1 aliphatic rings. The van der Waals surface area contributed by atoms with Gasteiger partial charge in [-0.2, -0.15) is 0 Å². The lowest BCUT2D eigenvalue weighted by molar-refractivity contribution is 0.0681. The first-order valence-corrected chi connectivity index (χ1v) is 7.11. The number of benzene rings is 1. The van der Waals surface area contributed by atoms with Crippen LogP contribution in [-0.4, -0.2) is 29.9 Å². The largest absolute Gasteiger partial charge is 0.339 e. The highest BCUT2D eigenvalue weighted by molar-refractivity contribution is 5.94. The molecule has 2 rings (SSSR count). The van der Waals surface area contributed by atoms with E-state index in [0.717, 1.165) is 31.5 Å². The molecule has 1 aromatic carbocycles. The number of nitrogens with two attached hydrogens (primary N) is 1. The van der Waals surface area contributed by atoms with Gasteiger partial charge in [0.15, 0.2) is 0 Å². The number of rotatable bonds is 2. The molecule has 104 valence electrons. The van der Waals surface area contributed by atoms with E-state index in [9.17, 15) is 4.79 Å². The summed E-state index contributed by atoms with van der Waals surface area (Å²) in [5.74, 6) is 0.718. The van der Waals surface area contributed by atoms with E-state index in [4.69, 9.17) is 5.73 Å². The lowest BCUT2D eigenvalue weighted by Crippen LogP contribution is -2.42. The first-order chi connectivity index (χ1) is 8.99. The number of piperidine rings is 1. The van der Waals surface area contributed by atoms with Crippen molar-refractivity contribution in [3.63, 3.8) is 0 Å². The molecule has 2 N–H and O–H groups in total. The molecule has 0 bridgehead atoms. The van der Waals surface area contributed by atoms with Crippen LogP contribution in [0.2, 0.25) is 0 Å². The summed E-state index contributed by atoms with van der Waals surface area (Å²) < 4.78 is 0. The van der Waals surface area contributed by atoms with Crippen LogP contribution in [0.1, 0.15) is 41.3 Å². The highest BCUT2D eigenvalue weighted by Gasteiger charge is 2.25. The Labute approximate surface area is 115 Å². The summed E-state index contributed by atoms with van der Waals surface area (Å²) in [6.07, 6.45) is 2.04. The maximum Gasteiger partial charge on any atom is 0.253 e. The number of likely N-dealkylation sites (tertiary alicyclic amines) is 1. The smallest absolute Gasteiger partial charge is 0.253 e. The van der Waals surface area contributed by atoms with E-state index in [1.54, 1.807) is 0 Å². The Balaban J connectivity index is 2.03. The molecule has 1 atom stereocenters. The summed E-state index contributed by atoms with van der Waals surface area (Å²) in [7, 11) is 0. The Morgan fingerprint density at radius 2 is 1.89 bits per heavy atom. The van der Waals surface area contributed by atoms with E-state index in [0.29, 0.717) is 5.92 Å². The molecule has 1 unspecified atom stereocenters. The van der Waals surface area contributed by atoms with Gasteiger partial charge in [-0.1, -0.05) is 6.07 Å². The van der Waals surface area contributed by atoms with Crippen molar-refractivity contribution in [3.05, 3.63) is 34.9 Å². The summed E-state index contributed by atoms with van der Waals surface area (Å²) in [6, 6.07) is 6.19. The summed E-state index contributed by atoms with van der Waals surface area (Å²) in [5, 5.41) is 0. The SMILES string of the molecule is Cc1ccc(C(=O)N2CCC(C(C)N)CC2)cc1C. The third-order valence-electron chi connectivity index (χ3n) is 4.32.